The maximum absolute atomic E-state index is 11.5. The Morgan fingerprint density at radius 2 is 1.96 bits per heavy atom. The largest absolute Gasteiger partial charge is 0.465 e. The van der Waals surface area contributed by atoms with E-state index in [0.717, 1.165) is 6.54 Å². The van der Waals surface area contributed by atoms with Gasteiger partial charge < -0.3 is 20.4 Å². The number of hydrogen-bond acceptors (Lipinski definition) is 3. The summed E-state index contributed by atoms with van der Waals surface area (Å²) >= 11 is 0. The highest BCUT2D eigenvalue weighted by Gasteiger charge is 2.44. The number of benzene rings is 1. The van der Waals surface area contributed by atoms with Crippen LogP contribution in [0.5, 0.6) is 0 Å². The summed E-state index contributed by atoms with van der Waals surface area (Å²) in [4.78, 5) is 12.9. The fourth-order valence-electron chi connectivity index (χ4n) is 3.47. The molecule has 1 aromatic carbocycles. The minimum Gasteiger partial charge on any atom is -0.465 e. The van der Waals surface area contributed by atoms with Crippen molar-refractivity contribution < 1.29 is 15.0 Å². The SMILES string of the molecule is CC(C)(C)C1C(O)C(CNCc2ccccc2)CCN1C(=O)O. The van der Waals surface area contributed by atoms with Gasteiger partial charge in [-0.3, -0.25) is 0 Å². The van der Waals surface area contributed by atoms with Crippen molar-refractivity contribution in [3.8, 4) is 0 Å². The Labute approximate surface area is 138 Å². The molecule has 1 fully saturated rings. The maximum atomic E-state index is 11.5. The minimum atomic E-state index is -0.945. The van der Waals surface area contributed by atoms with Crippen molar-refractivity contribution in [2.24, 2.45) is 11.3 Å². The summed E-state index contributed by atoms with van der Waals surface area (Å²) in [6, 6.07) is 9.75. The number of nitrogens with one attached hydrogen (secondary N) is 1. The number of amides is 1. The number of carboxylic acid groups (broad SMARTS) is 1. The molecule has 1 heterocycles. The first-order valence-corrected chi connectivity index (χ1v) is 8.23. The van der Waals surface area contributed by atoms with Gasteiger partial charge in [-0.1, -0.05) is 51.1 Å². The van der Waals surface area contributed by atoms with Gasteiger partial charge in [0.25, 0.3) is 0 Å². The van der Waals surface area contributed by atoms with Gasteiger partial charge in [-0.2, -0.15) is 0 Å². The Morgan fingerprint density at radius 3 is 2.52 bits per heavy atom. The fraction of sp³-hybridized carbons (Fsp3) is 0.611. The lowest BCUT2D eigenvalue weighted by molar-refractivity contribution is -0.0620. The van der Waals surface area contributed by atoms with Crippen LogP contribution in [0.4, 0.5) is 4.79 Å². The van der Waals surface area contributed by atoms with Crippen molar-refractivity contribution >= 4 is 6.09 Å². The molecule has 5 nitrogen and oxygen atoms in total. The summed E-state index contributed by atoms with van der Waals surface area (Å²) in [6.45, 7) is 7.87. The number of aliphatic hydroxyl groups excluding tert-OH is 1. The van der Waals surface area contributed by atoms with Gasteiger partial charge in [0.15, 0.2) is 0 Å². The average molecular weight is 320 g/mol. The van der Waals surface area contributed by atoms with E-state index in [9.17, 15) is 15.0 Å². The van der Waals surface area contributed by atoms with Gasteiger partial charge in [0, 0.05) is 25.6 Å². The van der Waals surface area contributed by atoms with E-state index in [1.54, 1.807) is 0 Å². The summed E-state index contributed by atoms with van der Waals surface area (Å²) in [5.74, 6) is 0.0681. The summed E-state index contributed by atoms with van der Waals surface area (Å²) in [7, 11) is 0. The lowest BCUT2D eigenvalue weighted by Crippen LogP contribution is -2.60. The highest BCUT2D eigenvalue weighted by molar-refractivity contribution is 5.66. The van der Waals surface area contributed by atoms with Crippen LogP contribution in [0.15, 0.2) is 30.3 Å². The molecule has 3 N–H and O–H groups in total. The van der Waals surface area contributed by atoms with Crippen LogP contribution in [-0.2, 0) is 6.54 Å². The lowest BCUT2D eigenvalue weighted by Gasteiger charge is -2.48. The van der Waals surface area contributed by atoms with Crippen LogP contribution in [-0.4, -0.2) is 46.4 Å². The van der Waals surface area contributed by atoms with E-state index >= 15 is 0 Å². The number of hydrogen-bond donors (Lipinski definition) is 3. The van der Waals surface area contributed by atoms with E-state index in [2.05, 4.69) is 17.4 Å². The summed E-state index contributed by atoms with van der Waals surface area (Å²) in [5.41, 5.74) is 0.910. The van der Waals surface area contributed by atoms with Gasteiger partial charge in [0.2, 0.25) is 0 Å². The minimum absolute atomic E-state index is 0.0681. The molecule has 23 heavy (non-hydrogen) atoms. The molecular weight excluding hydrogens is 292 g/mol. The summed E-state index contributed by atoms with van der Waals surface area (Å²) < 4.78 is 0. The van der Waals surface area contributed by atoms with E-state index in [4.69, 9.17) is 0 Å². The van der Waals surface area contributed by atoms with Crippen molar-refractivity contribution in [1.29, 1.82) is 0 Å². The van der Waals surface area contributed by atoms with Gasteiger partial charge in [-0.15, -0.1) is 0 Å². The third-order valence-corrected chi connectivity index (χ3v) is 4.59. The number of aliphatic hydroxyl groups is 1. The zero-order valence-corrected chi connectivity index (χ0v) is 14.2. The zero-order chi connectivity index (χ0) is 17.0. The molecule has 0 aromatic heterocycles. The smallest absolute Gasteiger partial charge is 0.407 e. The Balaban J connectivity index is 1.97. The maximum Gasteiger partial charge on any atom is 0.407 e. The second kappa shape index (κ2) is 7.32. The molecule has 1 saturated heterocycles. The number of rotatable bonds is 4. The van der Waals surface area contributed by atoms with Crippen molar-refractivity contribution in [2.45, 2.75) is 45.9 Å². The molecule has 1 aliphatic rings. The third kappa shape index (κ3) is 4.45. The van der Waals surface area contributed by atoms with Crippen molar-refractivity contribution in [1.82, 2.24) is 10.2 Å². The van der Waals surface area contributed by atoms with E-state index in [0.29, 0.717) is 19.5 Å². The Kier molecular flexibility index (Phi) is 5.65. The highest BCUT2D eigenvalue weighted by Crippen LogP contribution is 2.34. The van der Waals surface area contributed by atoms with Crippen LogP contribution in [0.25, 0.3) is 0 Å². The van der Waals surface area contributed by atoms with Crippen molar-refractivity contribution in [3.63, 3.8) is 0 Å². The molecule has 0 bridgehead atoms. The molecule has 0 saturated carbocycles. The van der Waals surface area contributed by atoms with E-state index in [1.165, 1.54) is 10.5 Å². The predicted molar refractivity (Wildman–Crippen MR) is 90.2 cm³/mol. The zero-order valence-electron chi connectivity index (χ0n) is 14.2. The highest BCUT2D eigenvalue weighted by atomic mass is 16.4. The number of likely N-dealkylation sites (tertiary alicyclic amines) is 1. The lowest BCUT2D eigenvalue weighted by atomic mass is 9.75. The molecule has 0 aliphatic carbocycles. The normalized spacial score (nSPS) is 25.4. The second-order valence-electron chi connectivity index (χ2n) is 7.44. The number of carbonyl (C=O) groups is 1. The fourth-order valence-corrected chi connectivity index (χ4v) is 3.47. The van der Waals surface area contributed by atoms with Crippen LogP contribution in [0, 0.1) is 11.3 Å². The molecule has 128 valence electrons. The molecular formula is C18H28N2O3. The van der Waals surface area contributed by atoms with Crippen molar-refractivity contribution in [2.75, 3.05) is 13.1 Å². The molecule has 3 atom stereocenters. The van der Waals surface area contributed by atoms with Gasteiger partial charge in [0.1, 0.15) is 0 Å². The molecule has 1 aromatic rings. The Bertz CT molecular complexity index is 513. The second-order valence-corrected chi connectivity index (χ2v) is 7.44. The van der Waals surface area contributed by atoms with E-state index in [-0.39, 0.29) is 17.4 Å². The van der Waals surface area contributed by atoms with Crippen LogP contribution in [0.1, 0.15) is 32.8 Å². The molecule has 3 unspecified atom stereocenters. The van der Waals surface area contributed by atoms with E-state index in [1.807, 2.05) is 39.0 Å². The molecule has 5 heteroatoms. The van der Waals surface area contributed by atoms with Crippen LogP contribution in [0.3, 0.4) is 0 Å². The number of nitrogens with zero attached hydrogens (tertiary/aromatic N) is 1. The monoisotopic (exact) mass is 320 g/mol. The molecule has 1 aliphatic heterocycles. The first-order chi connectivity index (χ1) is 10.8. The van der Waals surface area contributed by atoms with Crippen LogP contribution >= 0.6 is 0 Å². The van der Waals surface area contributed by atoms with Gasteiger partial charge in [-0.25, -0.2) is 4.79 Å². The van der Waals surface area contributed by atoms with Gasteiger partial charge >= 0.3 is 6.09 Å². The third-order valence-electron chi connectivity index (χ3n) is 4.59. The molecule has 2 rings (SSSR count). The molecule has 1 amide bonds. The van der Waals surface area contributed by atoms with Gasteiger partial charge in [0.05, 0.1) is 12.1 Å². The summed E-state index contributed by atoms with van der Waals surface area (Å²) in [5, 5.41) is 23.5. The molecule has 0 spiro atoms. The molecule has 0 radical (unpaired) electrons. The first-order valence-electron chi connectivity index (χ1n) is 8.23. The summed E-state index contributed by atoms with van der Waals surface area (Å²) in [6.07, 6.45) is -0.912. The van der Waals surface area contributed by atoms with Gasteiger partial charge in [-0.05, 0) is 17.4 Å². The van der Waals surface area contributed by atoms with Crippen molar-refractivity contribution in [3.05, 3.63) is 35.9 Å². The van der Waals surface area contributed by atoms with E-state index < -0.39 is 12.2 Å². The standard InChI is InChI=1S/C18H28N2O3/c1-18(2,3)16-15(21)14(9-10-20(16)17(22)23)12-19-11-13-7-5-4-6-8-13/h4-8,14-16,19,21H,9-12H2,1-3H3,(H,22,23). The average Bonchev–Trinajstić information content (AvgIpc) is 2.48. The predicted octanol–water partition coefficient (Wildman–Crippen LogP) is 2.55. The topological polar surface area (TPSA) is 72.8 Å². The Morgan fingerprint density at radius 1 is 1.30 bits per heavy atom. The van der Waals surface area contributed by atoms with Crippen LogP contribution < -0.4 is 5.32 Å². The quantitative estimate of drug-likeness (QED) is 0.797. The Hall–Kier alpha value is -1.59. The number of piperidine rings is 1. The van der Waals surface area contributed by atoms with Crippen LogP contribution in [0.2, 0.25) is 0 Å². The first kappa shape index (κ1) is 17.8.